The summed E-state index contributed by atoms with van der Waals surface area (Å²) in [6.07, 6.45) is 3.18. The Bertz CT molecular complexity index is 1240. The monoisotopic (exact) mass is 365 g/mol. The molecule has 2 N–H and O–H groups in total. The second kappa shape index (κ2) is 6.24. The lowest BCUT2D eigenvalue weighted by atomic mass is 10.2. The number of carbonyl (C=O) groups is 1. The number of furan rings is 1. The van der Waals surface area contributed by atoms with E-state index in [2.05, 4.69) is 4.98 Å². The molecular weight excluding hydrogens is 348 g/mol. The van der Waals surface area contributed by atoms with Gasteiger partial charge in [0, 0.05) is 11.8 Å². The number of hydrogen-bond donors (Lipinski definition) is 1. The van der Waals surface area contributed by atoms with Gasteiger partial charge in [0.25, 0.3) is 11.2 Å². The fourth-order valence-electron chi connectivity index (χ4n) is 3.10. The number of pyridine rings is 2. The number of aromatic nitrogens is 3. The molecule has 0 aliphatic carbocycles. The number of nitrogens with zero attached hydrogens (tertiary/aromatic N) is 3. The molecule has 0 saturated heterocycles. The van der Waals surface area contributed by atoms with Gasteiger partial charge in [0.05, 0.1) is 13.4 Å². The number of fused-ring (bicyclic) bond motifs is 2. The van der Waals surface area contributed by atoms with E-state index < -0.39 is 5.97 Å². The first kappa shape index (κ1) is 16.8. The van der Waals surface area contributed by atoms with Gasteiger partial charge in [-0.2, -0.15) is 0 Å². The van der Waals surface area contributed by atoms with Crippen molar-refractivity contribution in [2.45, 2.75) is 13.5 Å². The van der Waals surface area contributed by atoms with Crippen LogP contribution in [0.15, 0.2) is 52.0 Å². The van der Waals surface area contributed by atoms with Crippen LogP contribution in [0.25, 0.3) is 16.7 Å². The van der Waals surface area contributed by atoms with Crippen molar-refractivity contribution >= 4 is 28.5 Å². The van der Waals surface area contributed by atoms with Crippen molar-refractivity contribution in [2.24, 2.45) is 0 Å². The Labute approximate surface area is 153 Å². The lowest BCUT2D eigenvalue weighted by Gasteiger charge is -2.11. The van der Waals surface area contributed by atoms with Crippen molar-refractivity contribution in [1.82, 2.24) is 9.38 Å². The van der Waals surface area contributed by atoms with Crippen molar-refractivity contribution in [1.29, 1.82) is 0 Å². The summed E-state index contributed by atoms with van der Waals surface area (Å²) in [5, 5.41) is 0.263. The maximum absolute atomic E-state index is 13.1. The minimum Gasteiger partial charge on any atom is -0.466 e. The van der Waals surface area contributed by atoms with Crippen LogP contribution in [0, 0.1) is 6.92 Å². The van der Waals surface area contributed by atoms with Crippen LogP contribution in [0.2, 0.25) is 0 Å². The first-order valence-electron chi connectivity index (χ1n) is 8.26. The maximum Gasteiger partial charge on any atom is 0.344 e. The molecule has 0 aliphatic heterocycles. The predicted octanol–water partition coefficient (Wildman–Crippen LogP) is 1.45. The molecule has 8 nitrogen and oxygen atoms in total. The summed E-state index contributed by atoms with van der Waals surface area (Å²) in [7, 11) is 1.26. The van der Waals surface area contributed by atoms with Gasteiger partial charge in [0.15, 0.2) is 0 Å². The van der Waals surface area contributed by atoms with Gasteiger partial charge in [0.2, 0.25) is 11.5 Å². The number of hydrogen-bond acceptors (Lipinski definition) is 6. The standard InChI is InChI=1S/C19H16N4O4/c1-11-5-3-7-22-16(11)21-17-14(18(22)24)9-13(19(25)26-2)15(20)23(17)10-12-6-4-8-27-12/h3-9,20H,10H2,1-2H3/p+1. The lowest BCUT2D eigenvalue weighted by Crippen LogP contribution is -2.42. The number of esters is 1. The summed E-state index contributed by atoms with van der Waals surface area (Å²) in [5.41, 5.74) is 7.79. The van der Waals surface area contributed by atoms with Crippen LogP contribution in [-0.2, 0) is 11.3 Å². The number of ether oxygens (including phenoxy) is 1. The molecule has 27 heavy (non-hydrogen) atoms. The van der Waals surface area contributed by atoms with E-state index in [1.165, 1.54) is 17.6 Å². The van der Waals surface area contributed by atoms with E-state index in [0.717, 1.165) is 5.56 Å². The minimum atomic E-state index is -0.628. The van der Waals surface area contributed by atoms with Gasteiger partial charge in [-0.05, 0) is 31.2 Å². The highest BCUT2D eigenvalue weighted by atomic mass is 16.5. The largest absolute Gasteiger partial charge is 0.466 e. The Morgan fingerprint density at radius 2 is 2.19 bits per heavy atom. The molecule has 0 spiro atoms. The second-order valence-electron chi connectivity index (χ2n) is 6.14. The second-order valence-corrected chi connectivity index (χ2v) is 6.14. The van der Waals surface area contributed by atoms with E-state index in [1.807, 2.05) is 13.0 Å². The molecule has 4 aromatic heterocycles. The number of nitrogens with two attached hydrogens (primary N) is 1. The molecule has 0 aromatic carbocycles. The van der Waals surface area contributed by atoms with Crippen LogP contribution in [0.1, 0.15) is 21.7 Å². The molecule has 8 heteroatoms. The van der Waals surface area contributed by atoms with Crippen molar-refractivity contribution < 1.29 is 18.5 Å². The third-order valence-corrected chi connectivity index (χ3v) is 4.47. The molecule has 0 radical (unpaired) electrons. The summed E-state index contributed by atoms with van der Waals surface area (Å²) in [6, 6.07) is 8.60. The number of aryl methyl sites for hydroxylation is 1. The summed E-state index contributed by atoms with van der Waals surface area (Å²) in [5.74, 6) is 0.133. The van der Waals surface area contributed by atoms with Gasteiger partial charge in [-0.3, -0.25) is 9.20 Å². The van der Waals surface area contributed by atoms with Gasteiger partial charge >= 0.3 is 5.97 Å². The fourth-order valence-corrected chi connectivity index (χ4v) is 3.10. The van der Waals surface area contributed by atoms with Crippen LogP contribution in [0.5, 0.6) is 0 Å². The predicted molar refractivity (Wildman–Crippen MR) is 97.5 cm³/mol. The van der Waals surface area contributed by atoms with Crippen LogP contribution >= 0.6 is 0 Å². The molecule has 0 fully saturated rings. The Kier molecular flexibility index (Phi) is 3.88. The highest BCUT2D eigenvalue weighted by molar-refractivity contribution is 5.96. The van der Waals surface area contributed by atoms with Crippen molar-refractivity contribution in [3.05, 3.63) is 70.0 Å². The first-order chi connectivity index (χ1) is 13.0. The molecule has 0 atom stereocenters. The third-order valence-electron chi connectivity index (χ3n) is 4.47. The van der Waals surface area contributed by atoms with Gasteiger partial charge in [0.1, 0.15) is 23.3 Å². The number of methoxy groups -OCH3 is 1. The average molecular weight is 365 g/mol. The Morgan fingerprint density at radius 1 is 1.37 bits per heavy atom. The topological polar surface area (TPSA) is 104 Å². The molecule has 0 aliphatic rings. The van der Waals surface area contributed by atoms with E-state index in [9.17, 15) is 9.59 Å². The fraction of sp³-hybridized carbons (Fsp3) is 0.158. The molecule has 0 bridgehead atoms. The smallest absolute Gasteiger partial charge is 0.344 e. The SMILES string of the molecule is COC(=O)c1cc2c(=O)n3cccc(C)c3nc2[n+](Cc2ccco2)c1N. The normalized spacial score (nSPS) is 11.2. The summed E-state index contributed by atoms with van der Waals surface area (Å²) >= 11 is 0. The zero-order chi connectivity index (χ0) is 19.1. The maximum atomic E-state index is 13.1. The van der Waals surface area contributed by atoms with Crippen LogP contribution in [0.3, 0.4) is 0 Å². The average Bonchev–Trinajstić information content (AvgIpc) is 3.18. The zero-order valence-electron chi connectivity index (χ0n) is 14.8. The van der Waals surface area contributed by atoms with Crippen molar-refractivity contribution in [3.63, 3.8) is 0 Å². The van der Waals surface area contributed by atoms with Crippen LogP contribution < -0.4 is 15.9 Å². The molecular formula is C19H17N4O4+. The first-order valence-corrected chi connectivity index (χ1v) is 8.26. The number of rotatable bonds is 3. The third kappa shape index (κ3) is 2.62. The Hall–Kier alpha value is -3.68. The molecule has 0 amide bonds. The van der Waals surface area contributed by atoms with Crippen molar-refractivity contribution in [2.75, 3.05) is 12.8 Å². The number of nitrogen functional groups attached to an aromatic ring is 1. The lowest BCUT2D eigenvalue weighted by molar-refractivity contribution is -0.651. The van der Waals surface area contributed by atoms with Gasteiger partial charge in [-0.25, -0.2) is 9.36 Å². The quantitative estimate of drug-likeness (QED) is 0.335. The van der Waals surface area contributed by atoms with E-state index >= 15 is 0 Å². The van der Waals surface area contributed by atoms with E-state index in [-0.39, 0.29) is 28.9 Å². The van der Waals surface area contributed by atoms with Crippen molar-refractivity contribution in [3.8, 4) is 0 Å². The van der Waals surface area contributed by atoms with Gasteiger partial charge in [-0.1, -0.05) is 11.1 Å². The highest BCUT2D eigenvalue weighted by Crippen LogP contribution is 2.17. The minimum absolute atomic E-state index is 0.100. The molecule has 0 saturated carbocycles. The summed E-state index contributed by atoms with van der Waals surface area (Å²) in [4.78, 5) is 29.9. The molecule has 0 unspecified atom stereocenters. The number of carbonyl (C=O) groups excluding carboxylic acids is 1. The molecule has 4 aromatic rings. The summed E-state index contributed by atoms with van der Waals surface area (Å²) in [6.45, 7) is 2.09. The number of anilines is 1. The Morgan fingerprint density at radius 3 is 2.89 bits per heavy atom. The summed E-state index contributed by atoms with van der Waals surface area (Å²) < 4.78 is 13.3. The Balaban J connectivity index is 2.14. The molecule has 4 heterocycles. The van der Waals surface area contributed by atoms with Gasteiger partial charge in [-0.15, -0.1) is 0 Å². The van der Waals surface area contributed by atoms with Crippen LogP contribution in [-0.4, -0.2) is 22.5 Å². The van der Waals surface area contributed by atoms with Gasteiger partial charge < -0.3 is 14.9 Å². The molecule has 136 valence electrons. The zero-order valence-corrected chi connectivity index (χ0v) is 14.8. The van der Waals surface area contributed by atoms with E-state index in [1.54, 1.807) is 35.2 Å². The van der Waals surface area contributed by atoms with E-state index in [4.69, 9.17) is 14.9 Å². The molecule has 4 rings (SSSR count). The highest BCUT2D eigenvalue weighted by Gasteiger charge is 2.25. The van der Waals surface area contributed by atoms with E-state index in [0.29, 0.717) is 17.1 Å². The van der Waals surface area contributed by atoms with Crippen LogP contribution in [0.4, 0.5) is 5.82 Å².